The van der Waals surface area contributed by atoms with E-state index in [9.17, 15) is 4.79 Å². The average molecular weight is 456 g/mol. The molecule has 6 rings (SSSR count). The largest absolute Gasteiger partial charge is 0.378 e. The van der Waals surface area contributed by atoms with Crippen molar-refractivity contribution in [1.29, 1.82) is 0 Å². The van der Waals surface area contributed by atoms with E-state index in [4.69, 9.17) is 4.74 Å². The van der Waals surface area contributed by atoms with Crippen LogP contribution in [0.3, 0.4) is 0 Å². The van der Waals surface area contributed by atoms with Crippen LogP contribution in [-0.4, -0.2) is 53.3 Å². The number of fused-ring (bicyclic) bond motifs is 2. The fourth-order valence-corrected chi connectivity index (χ4v) is 4.49. The number of allylic oxidation sites excluding steroid dienone is 1. The van der Waals surface area contributed by atoms with Gasteiger partial charge in [0.1, 0.15) is 0 Å². The Hall–Kier alpha value is -4.11. The Labute approximate surface area is 196 Å². The molecule has 1 fully saturated rings. The van der Waals surface area contributed by atoms with Gasteiger partial charge in [-0.3, -0.25) is 4.79 Å². The van der Waals surface area contributed by atoms with Crippen LogP contribution in [0.5, 0.6) is 0 Å². The van der Waals surface area contributed by atoms with Crippen LogP contribution < -0.4 is 21.1 Å². The van der Waals surface area contributed by atoms with Gasteiger partial charge in [-0.2, -0.15) is 0 Å². The van der Waals surface area contributed by atoms with Crippen LogP contribution in [0.15, 0.2) is 70.7 Å². The molecular formula is C25H25N7O2. The molecule has 34 heavy (non-hydrogen) atoms. The molecule has 172 valence electrons. The predicted octanol–water partition coefficient (Wildman–Crippen LogP) is 2.60. The first-order valence-corrected chi connectivity index (χ1v) is 11.3. The molecule has 4 heterocycles. The van der Waals surface area contributed by atoms with Gasteiger partial charge in [0, 0.05) is 55.7 Å². The lowest BCUT2D eigenvalue weighted by atomic mass is 10.1. The lowest BCUT2D eigenvalue weighted by molar-refractivity contribution is 0.122. The summed E-state index contributed by atoms with van der Waals surface area (Å²) >= 11 is 0. The maximum absolute atomic E-state index is 13.1. The molecule has 0 radical (unpaired) electrons. The maximum Gasteiger partial charge on any atom is 0.293 e. The lowest BCUT2D eigenvalue weighted by Gasteiger charge is -2.28. The average Bonchev–Trinajstić information content (AvgIpc) is 3.32. The molecule has 0 bridgehead atoms. The van der Waals surface area contributed by atoms with E-state index in [1.807, 2.05) is 48.8 Å². The number of benzene rings is 2. The third kappa shape index (κ3) is 3.60. The number of ether oxygens (including phenoxy) is 1. The van der Waals surface area contributed by atoms with E-state index in [0.29, 0.717) is 5.82 Å². The van der Waals surface area contributed by atoms with Crippen LogP contribution in [0.25, 0.3) is 16.7 Å². The Morgan fingerprint density at radius 3 is 2.76 bits per heavy atom. The molecule has 1 aromatic heterocycles. The van der Waals surface area contributed by atoms with Gasteiger partial charge >= 0.3 is 0 Å². The standard InChI is InChI=1S/C25H25N7O2/c1-30-21-15-17(22-16-27-25-26-9-2-10-32(22)25)3-8-20(21)29-23(24(30)33)28-18-4-6-19(7-5-18)31-11-13-34-14-12-31/h2-10,15-16,25,27H,11-14H2,1H3,(H,28,29). The highest BCUT2D eigenvalue weighted by atomic mass is 16.5. The number of rotatable bonds is 4. The molecule has 3 aliphatic heterocycles. The van der Waals surface area contributed by atoms with Crippen molar-refractivity contribution in [2.24, 2.45) is 12.0 Å². The monoisotopic (exact) mass is 455 g/mol. The molecule has 1 saturated heterocycles. The van der Waals surface area contributed by atoms with E-state index < -0.39 is 0 Å². The normalized spacial score (nSPS) is 19.2. The van der Waals surface area contributed by atoms with Gasteiger partial charge in [0.15, 0.2) is 12.1 Å². The molecule has 0 saturated carbocycles. The van der Waals surface area contributed by atoms with Gasteiger partial charge in [0.25, 0.3) is 5.56 Å². The second-order valence-corrected chi connectivity index (χ2v) is 8.42. The summed E-state index contributed by atoms with van der Waals surface area (Å²) in [5.74, 6) is 0.303. The number of aliphatic imine (C=N–C) groups is 1. The Bertz CT molecular complexity index is 1380. The fourth-order valence-electron chi connectivity index (χ4n) is 4.49. The molecule has 0 aliphatic carbocycles. The van der Waals surface area contributed by atoms with Crippen LogP contribution in [0, 0.1) is 0 Å². The Morgan fingerprint density at radius 2 is 1.94 bits per heavy atom. The SMILES string of the molecule is Cn1c(=O)c(Nc2ccc(N3CCOCC3)cc2)nc2ccc(C3=CNC4N=CC=CN34)cc21. The third-order valence-electron chi connectivity index (χ3n) is 6.35. The van der Waals surface area contributed by atoms with E-state index in [2.05, 4.69) is 42.5 Å². The van der Waals surface area contributed by atoms with E-state index in [-0.39, 0.29) is 11.8 Å². The zero-order valence-electron chi connectivity index (χ0n) is 18.8. The molecule has 9 nitrogen and oxygen atoms in total. The fraction of sp³-hybridized carbons (Fsp3) is 0.240. The molecule has 0 spiro atoms. The van der Waals surface area contributed by atoms with Crippen molar-refractivity contribution in [3.8, 4) is 0 Å². The second-order valence-electron chi connectivity index (χ2n) is 8.42. The van der Waals surface area contributed by atoms with Gasteiger partial charge in [-0.25, -0.2) is 9.98 Å². The summed E-state index contributed by atoms with van der Waals surface area (Å²) in [5, 5.41) is 6.45. The van der Waals surface area contributed by atoms with Crippen molar-refractivity contribution >= 4 is 40.1 Å². The first kappa shape index (κ1) is 20.5. The third-order valence-corrected chi connectivity index (χ3v) is 6.35. The highest BCUT2D eigenvalue weighted by Gasteiger charge is 2.25. The summed E-state index contributed by atoms with van der Waals surface area (Å²) in [4.78, 5) is 26.5. The smallest absolute Gasteiger partial charge is 0.293 e. The number of hydrogen-bond acceptors (Lipinski definition) is 8. The van der Waals surface area contributed by atoms with Gasteiger partial charge in [0.05, 0.1) is 29.9 Å². The number of aromatic nitrogens is 2. The summed E-state index contributed by atoms with van der Waals surface area (Å²) in [6.07, 6.45) is 7.49. The van der Waals surface area contributed by atoms with Crippen LogP contribution in [0.1, 0.15) is 5.56 Å². The Balaban J connectivity index is 1.27. The molecule has 1 unspecified atom stereocenters. The minimum atomic E-state index is -0.180. The van der Waals surface area contributed by atoms with Gasteiger partial charge in [-0.05, 0) is 42.5 Å². The van der Waals surface area contributed by atoms with E-state index in [1.165, 1.54) is 0 Å². The van der Waals surface area contributed by atoms with Crippen molar-refractivity contribution in [2.45, 2.75) is 6.29 Å². The van der Waals surface area contributed by atoms with Crippen molar-refractivity contribution < 1.29 is 4.74 Å². The maximum atomic E-state index is 13.1. The Morgan fingerprint density at radius 1 is 1.12 bits per heavy atom. The van der Waals surface area contributed by atoms with Crippen molar-refractivity contribution in [3.63, 3.8) is 0 Å². The first-order chi connectivity index (χ1) is 16.7. The van der Waals surface area contributed by atoms with E-state index in [1.54, 1.807) is 17.8 Å². The van der Waals surface area contributed by atoms with E-state index in [0.717, 1.165) is 60.0 Å². The van der Waals surface area contributed by atoms with Crippen LogP contribution in [-0.2, 0) is 11.8 Å². The molecule has 1 atom stereocenters. The number of morpholine rings is 1. The van der Waals surface area contributed by atoms with Gasteiger partial charge < -0.3 is 29.7 Å². The predicted molar refractivity (Wildman–Crippen MR) is 134 cm³/mol. The number of nitrogens with zero attached hydrogens (tertiary/aromatic N) is 5. The lowest BCUT2D eigenvalue weighted by Crippen LogP contribution is -2.36. The zero-order valence-corrected chi connectivity index (χ0v) is 18.8. The topological polar surface area (TPSA) is 87.0 Å². The van der Waals surface area contributed by atoms with Crippen molar-refractivity contribution in [2.75, 3.05) is 36.5 Å². The quantitative estimate of drug-likeness (QED) is 0.625. The minimum absolute atomic E-state index is 0.126. The molecule has 2 aromatic carbocycles. The van der Waals surface area contributed by atoms with E-state index >= 15 is 0 Å². The van der Waals surface area contributed by atoms with Crippen LogP contribution in [0.4, 0.5) is 17.2 Å². The highest BCUT2D eigenvalue weighted by molar-refractivity contribution is 5.83. The summed E-state index contributed by atoms with van der Waals surface area (Å²) in [5.41, 5.74) is 5.28. The highest BCUT2D eigenvalue weighted by Crippen LogP contribution is 2.29. The zero-order chi connectivity index (χ0) is 23.1. The molecule has 0 amide bonds. The Kier molecular flexibility index (Phi) is 5.03. The molecule has 2 N–H and O–H groups in total. The first-order valence-electron chi connectivity index (χ1n) is 11.3. The summed E-state index contributed by atoms with van der Waals surface area (Å²) in [6.45, 7) is 3.26. The number of aryl methyl sites for hydroxylation is 1. The number of anilines is 3. The molecule has 3 aromatic rings. The summed E-state index contributed by atoms with van der Waals surface area (Å²) in [6, 6.07) is 14.0. The molecular weight excluding hydrogens is 430 g/mol. The molecule has 3 aliphatic rings. The van der Waals surface area contributed by atoms with Gasteiger partial charge in [-0.1, -0.05) is 6.07 Å². The van der Waals surface area contributed by atoms with Crippen molar-refractivity contribution in [1.82, 2.24) is 19.8 Å². The van der Waals surface area contributed by atoms with Crippen LogP contribution in [0.2, 0.25) is 0 Å². The minimum Gasteiger partial charge on any atom is -0.378 e. The second kappa shape index (κ2) is 8.35. The van der Waals surface area contributed by atoms with Gasteiger partial charge in [0.2, 0.25) is 0 Å². The number of hydrogen-bond donors (Lipinski definition) is 2. The molecule has 9 heteroatoms. The van der Waals surface area contributed by atoms with Crippen molar-refractivity contribution in [3.05, 3.63) is 76.9 Å². The summed E-state index contributed by atoms with van der Waals surface area (Å²) < 4.78 is 7.07. The van der Waals surface area contributed by atoms with Crippen LogP contribution >= 0.6 is 0 Å². The van der Waals surface area contributed by atoms with Gasteiger partial charge in [-0.15, -0.1) is 0 Å². The summed E-state index contributed by atoms with van der Waals surface area (Å²) in [7, 11) is 1.78. The number of nitrogens with one attached hydrogen (secondary N) is 2.